The van der Waals surface area contributed by atoms with Gasteiger partial charge < -0.3 is 4.74 Å². The molecule has 16 heavy (non-hydrogen) atoms. The van der Waals surface area contributed by atoms with Gasteiger partial charge in [-0.15, -0.1) is 0 Å². The van der Waals surface area contributed by atoms with Gasteiger partial charge in [0.2, 0.25) is 5.91 Å². The average molecular weight is 284 g/mol. The van der Waals surface area contributed by atoms with Gasteiger partial charge in [-0.2, -0.15) is 0 Å². The number of benzene rings is 1. The Morgan fingerprint density at radius 3 is 2.50 bits per heavy atom. The molecule has 5 heteroatoms. The molecule has 2 amide bonds. The molecule has 1 aromatic carbocycles. The maximum Gasteiger partial charge on any atom is 0.421 e. The van der Waals surface area contributed by atoms with Crippen LogP contribution in [0.1, 0.15) is 13.3 Å². The number of hydrogen-bond acceptors (Lipinski definition) is 3. The van der Waals surface area contributed by atoms with Gasteiger partial charge in [-0.1, -0.05) is 15.9 Å². The van der Waals surface area contributed by atoms with Gasteiger partial charge in [-0.3, -0.25) is 4.79 Å². The molecule has 1 heterocycles. The highest BCUT2D eigenvalue weighted by Crippen LogP contribution is 2.23. The van der Waals surface area contributed by atoms with Gasteiger partial charge in [-0.25, -0.2) is 9.69 Å². The average Bonchev–Trinajstić information content (AvgIpc) is 2.19. The minimum absolute atomic E-state index is 0.224. The van der Waals surface area contributed by atoms with Gasteiger partial charge in [-0.05, 0) is 31.2 Å². The number of carbonyl (C=O) groups is 2. The first-order valence-corrected chi connectivity index (χ1v) is 5.66. The van der Waals surface area contributed by atoms with Gasteiger partial charge in [0.15, 0.2) is 0 Å². The summed E-state index contributed by atoms with van der Waals surface area (Å²) in [6.07, 6.45) is -0.722. The first kappa shape index (κ1) is 11.1. The zero-order chi connectivity index (χ0) is 11.7. The van der Waals surface area contributed by atoms with E-state index < -0.39 is 6.09 Å². The summed E-state index contributed by atoms with van der Waals surface area (Å²) >= 11 is 3.29. The lowest BCUT2D eigenvalue weighted by atomic mass is 10.2. The Bertz CT molecular complexity index is 411. The Labute approximate surface area is 101 Å². The number of carbonyl (C=O) groups excluding carboxylic acids is 2. The zero-order valence-corrected chi connectivity index (χ0v) is 10.2. The van der Waals surface area contributed by atoms with Crippen LogP contribution >= 0.6 is 15.9 Å². The summed E-state index contributed by atoms with van der Waals surface area (Å²) in [5, 5.41) is 0. The molecule has 1 aliphatic rings. The number of ether oxygens (including phenoxy) is 1. The monoisotopic (exact) mass is 283 g/mol. The normalized spacial score (nSPS) is 20.9. The van der Waals surface area contributed by atoms with E-state index in [2.05, 4.69) is 15.9 Å². The molecule has 1 atom stereocenters. The Morgan fingerprint density at radius 2 is 1.94 bits per heavy atom. The van der Waals surface area contributed by atoms with E-state index in [4.69, 9.17) is 4.74 Å². The van der Waals surface area contributed by atoms with Crippen molar-refractivity contribution in [2.24, 2.45) is 0 Å². The van der Waals surface area contributed by atoms with Crippen LogP contribution in [0.2, 0.25) is 0 Å². The quantitative estimate of drug-likeness (QED) is 0.796. The Kier molecular flexibility index (Phi) is 2.96. The molecule has 84 valence electrons. The smallest absolute Gasteiger partial charge is 0.421 e. The third-order valence-corrected chi connectivity index (χ3v) is 2.81. The van der Waals surface area contributed by atoms with Crippen LogP contribution in [0.15, 0.2) is 28.7 Å². The maximum absolute atomic E-state index is 11.7. The summed E-state index contributed by atoms with van der Waals surface area (Å²) in [6.45, 7) is 1.70. The molecule has 0 spiro atoms. The Hall–Kier alpha value is -1.36. The fourth-order valence-electron chi connectivity index (χ4n) is 1.55. The van der Waals surface area contributed by atoms with Crippen molar-refractivity contribution in [2.45, 2.75) is 19.4 Å². The molecule has 4 nitrogen and oxygen atoms in total. The van der Waals surface area contributed by atoms with E-state index in [-0.39, 0.29) is 18.4 Å². The van der Waals surface area contributed by atoms with Crippen LogP contribution in [0.25, 0.3) is 0 Å². The van der Waals surface area contributed by atoms with E-state index in [0.717, 1.165) is 9.37 Å². The van der Waals surface area contributed by atoms with Crippen molar-refractivity contribution in [1.29, 1.82) is 0 Å². The fraction of sp³-hybridized carbons (Fsp3) is 0.273. The van der Waals surface area contributed by atoms with E-state index in [1.54, 1.807) is 31.2 Å². The SMILES string of the molecule is C[C@@H]1CC(=O)N(c2ccc(Br)cc2)C(=O)O1. The van der Waals surface area contributed by atoms with Crippen molar-refractivity contribution in [1.82, 2.24) is 0 Å². The topological polar surface area (TPSA) is 46.6 Å². The summed E-state index contributed by atoms with van der Waals surface area (Å²) in [6, 6.07) is 6.93. The molecule has 1 fully saturated rings. The van der Waals surface area contributed by atoms with E-state index in [1.165, 1.54) is 0 Å². The molecular weight excluding hydrogens is 274 g/mol. The van der Waals surface area contributed by atoms with E-state index in [1.807, 2.05) is 0 Å². The van der Waals surface area contributed by atoms with Crippen molar-refractivity contribution in [2.75, 3.05) is 4.90 Å². The zero-order valence-electron chi connectivity index (χ0n) is 8.64. The van der Waals surface area contributed by atoms with Crippen molar-refractivity contribution in [3.8, 4) is 0 Å². The summed E-state index contributed by atoms with van der Waals surface area (Å²) in [5.41, 5.74) is 0.533. The number of hydrogen-bond donors (Lipinski definition) is 0. The number of rotatable bonds is 1. The first-order valence-electron chi connectivity index (χ1n) is 4.87. The van der Waals surface area contributed by atoms with Crippen LogP contribution in [-0.2, 0) is 9.53 Å². The van der Waals surface area contributed by atoms with Crippen molar-refractivity contribution >= 4 is 33.6 Å². The van der Waals surface area contributed by atoms with Gasteiger partial charge in [0.05, 0.1) is 12.1 Å². The van der Waals surface area contributed by atoms with Crippen LogP contribution in [0, 0.1) is 0 Å². The van der Waals surface area contributed by atoms with Crippen molar-refractivity contribution in [3.05, 3.63) is 28.7 Å². The minimum Gasteiger partial charge on any atom is -0.445 e. The lowest BCUT2D eigenvalue weighted by Crippen LogP contribution is -2.45. The molecule has 1 aliphatic heterocycles. The second-order valence-electron chi connectivity index (χ2n) is 3.60. The first-order chi connectivity index (χ1) is 7.58. The van der Waals surface area contributed by atoms with E-state index >= 15 is 0 Å². The largest absolute Gasteiger partial charge is 0.445 e. The minimum atomic E-state index is -0.605. The van der Waals surface area contributed by atoms with Crippen LogP contribution in [0.5, 0.6) is 0 Å². The van der Waals surface area contributed by atoms with Crippen LogP contribution < -0.4 is 4.90 Å². The summed E-state index contributed by atoms with van der Waals surface area (Å²) in [7, 11) is 0. The molecule has 2 rings (SSSR count). The molecule has 0 N–H and O–H groups in total. The number of amides is 2. The number of nitrogens with zero attached hydrogens (tertiary/aromatic N) is 1. The second-order valence-corrected chi connectivity index (χ2v) is 4.52. The number of halogens is 1. The van der Waals surface area contributed by atoms with Crippen LogP contribution in [0.4, 0.5) is 10.5 Å². The maximum atomic E-state index is 11.7. The Balaban J connectivity index is 2.29. The lowest BCUT2D eigenvalue weighted by Gasteiger charge is -2.28. The highest BCUT2D eigenvalue weighted by Gasteiger charge is 2.32. The van der Waals surface area contributed by atoms with E-state index in [0.29, 0.717) is 5.69 Å². The predicted octanol–water partition coefficient (Wildman–Crippen LogP) is 2.71. The van der Waals surface area contributed by atoms with Gasteiger partial charge >= 0.3 is 6.09 Å². The predicted molar refractivity (Wildman–Crippen MR) is 62.2 cm³/mol. The van der Waals surface area contributed by atoms with Gasteiger partial charge in [0.25, 0.3) is 0 Å². The molecular formula is C11H10BrNO3. The highest BCUT2D eigenvalue weighted by atomic mass is 79.9. The summed E-state index contributed by atoms with van der Waals surface area (Å²) in [4.78, 5) is 24.3. The molecule has 1 saturated heterocycles. The summed E-state index contributed by atoms with van der Waals surface area (Å²) < 4.78 is 5.90. The van der Waals surface area contributed by atoms with Crippen LogP contribution in [-0.4, -0.2) is 18.1 Å². The summed E-state index contributed by atoms with van der Waals surface area (Å²) in [5.74, 6) is -0.230. The number of cyclic esters (lactones) is 1. The molecule has 0 aromatic heterocycles. The van der Waals surface area contributed by atoms with Crippen molar-refractivity contribution < 1.29 is 14.3 Å². The second kappa shape index (κ2) is 4.25. The molecule has 0 saturated carbocycles. The fourth-order valence-corrected chi connectivity index (χ4v) is 1.81. The lowest BCUT2D eigenvalue weighted by molar-refractivity contribution is -0.122. The van der Waals surface area contributed by atoms with E-state index in [9.17, 15) is 9.59 Å². The van der Waals surface area contributed by atoms with Gasteiger partial charge in [0.1, 0.15) is 6.10 Å². The Morgan fingerprint density at radius 1 is 1.31 bits per heavy atom. The number of imide groups is 1. The number of anilines is 1. The molecule has 0 unspecified atom stereocenters. The standard InChI is InChI=1S/C11H10BrNO3/c1-7-6-10(14)13(11(15)16-7)9-4-2-8(12)3-5-9/h2-5,7H,6H2,1H3/t7-/m1/s1. The highest BCUT2D eigenvalue weighted by molar-refractivity contribution is 9.10. The molecule has 0 radical (unpaired) electrons. The van der Waals surface area contributed by atoms with Crippen LogP contribution in [0.3, 0.4) is 0 Å². The third-order valence-electron chi connectivity index (χ3n) is 2.28. The van der Waals surface area contributed by atoms with Crippen molar-refractivity contribution in [3.63, 3.8) is 0 Å². The molecule has 0 bridgehead atoms. The third kappa shape index (κ3) is 2.09. The van der Waals surface area contributed by atoms with Gasteiger partial charge in [0, 0.05) is 4.47 Å². The molecule has 1 aromatic rings. The molecule has 0 aliphatic carbocycles.